The molecule has 2 aliphatic rings. The summed E-state index contributed by atoms with van der Waals surface area (Å²) in [6, 6.07) is 21.7. The molecule has 230 valence electrons. The van der Waals surface area contributed by atoms with Crippen molar-refractivity contribution in [1.82, 2.24) is 14.7 Å². The molecule has 2 saturated heterocycles. The van der Waals surface area contributed by atoms with E-state index in [4.69, 9.17) is 25.8 Å². The van der Waals surface area contributed by atoms with Crippen molar-refractivity contribution < 1.29 is 19.0 Å². The van der Waals surface area contributed by atoms with E-state index in [1.54, 1.807) is 27.4 Å². The number of rotatable bonds is 9. The predicted octanol–water partition coefficient (Wildman–Crippen LogP) is 6.33. The first-order valence-corrected chi connectivity index (χ1v) is 15.6. The summed E-state index contributed by atoms with van der Waals surface area (Å²) in [4.78, 5) is 20.2. The highest BCUT2D eigenvalue weighted by Gasteiger charge is 2.34. The zero-order chi connectivity index (χ0) is 30.5. The van der Waals surface area contributed by atoms with Crippen LogP contribution < -0.4 is 14.2 Å². The summed E-state index contributed by atoms with van der Waals surface area (Å²) in [5.74, 6) is 2.00. The Bertz CT molecular complexity index is 1370. The van der Waals surface area contributed by atoms with Crippen LogP contribution in [0.2, 0.25) is 5.02 Å². The van der Waals surface area contributed by atoms with Gasteiger partial charge in [0.05, 0.1) is 31.9 Å². The molecule has 2 fully saturated rings. The van der Waals surface area contributed by atoms with E-state index in [0.717, 1.165) is 57.5 Å². The van der Waals surface area contributed by atoms with Gasteiger partial charge in [-0.2, -0.15) is 0 Å². The molecule has 0 bridgehead atoms. The average Bonchev–Trinajstić information content (AvgIpc) is 3.04. The fourth-order valence-electron chi connectivity index (χ4n) is 6.72. The molecule has 0 saturated carbocycles. The van der Waals surface area contributed by atoms with Gasteiger partial charge in [-0.15, -0.1) is 0 Å². The smallest absolute Gasteiger partial charge is 0.255 e. The molecule has 3 aromatic carbocycles. The summed E-state index contributed by atoms with van der Waals surface area (Å²) in [6.07, 6.45) is 2.79. The van der Waals surface area contributed by atoms with Gasteiger partial charge >= 0.3 is 0 Å². The first kappa shape index (κ1) is 31.2. The zero-order valence-electron chi connectivity index (χ0n) is 26.0. The second-order valence-electron chi connectivity index (χ2n) is 11.7. The highest BCUT2D eigenvalue weighted by Crippen LogP contribution is 2.39. The Hall–Kier alpha value is -3.26. The maximum Gasteiger partial charge on any atom is 0.255 e. The van der Waals surface area contributed by atoms with E-state index in [1.807, 2.05) is 35.2 Å². The molecule has 2 atom stereocenters. The fourth-order valence-corrected chi connectivity index (χ4v) is 6.94. The largest absolute Gasteiger partial charge is 0.493 e. The molecule has 0 N–H and O–H groups in total. The van der Waals surface area contributed by atoms with Crippen molar-refractivity contribution in [2.75, 3.05) is 54.1 Å². The van der Waals surface area contributed by atoms with Gasteiger partial charge in [0.25, 0.3) is 5.91 Å². The molecule has 43 heavy (non-hydrogen) atoms. The highest BCUT2D eigenvalue weighted by atomic mass is 35.5. The average molecular weight is 606 g/mol. The number of piperidine rings is 1. The molecule has 0 aliphatic carbocycles. The molecular weight excluding hydrogens is 562 g/mol. The Kier molecular flexibility index (Phi) is 10.2. The summed E-state index contributed by atoms with van der Waals surface area (Å²) in [5, 5.41) is 0.530. The standard InChI is InChI=1S/C35H44ClN3O4/c1-24-23-38(29-14-16-37(17-15-29)35(40)30-8-6-7-9-31(30)36)18-19-39(24)25(2)28-12-10-26(11-13-28)20-27-21-32(41-3)34(43-5)33(22-27)42-4/h6-13,21-22,24-25,29H,14-20,23H2,1-5H3/t24-,25+/m1/s1. The lowest BCUT2D eigenvalue weighted by molar-refractivity contribution is 0.0135. The van der Waals surface area contributed by atoms with Gasteiger partial charge in [0.15, 0.2) is 11.5 Å². The molecule has 0 aromatic heterocycles. The fraction of sp³-hybridized carbons (Fsp3) is 0.457. The van der Waals surface area contributed by atoms with E-state index >= 15 is 0 Å². The third-order valence-corrected chi connectivity index (χ3v) is 9.50. The molecule has 0 spiro atoms. The summed E-state index contributed by atoms with van der Waals surface area (Å²) in [5.41, 5.74) is 4.29. The van der Waals surface area contributed by atoms with Gasteiger partial charge in [-0.3, -0.25) is 14.6 Å². The number of ether oxygens (including phenoxy) is 3. The number of amides is 1. The van der Waals surface area contributed by atoms with Crippen LogP contribution in [0.25, 0.3) is 0 Å². The van der Waals surface area contributed by atoms with Crippen LogP contribution in [-0.4, -0.2) is 86.7 Å². The van der Waals surface area contributed by atoms with Crippen molar-refractivity contribution >= 4 is 17.5 Å². The minimum absolute atomic E-state index is 0.0468. The molecule has 2 aliphatic heterocycles. The first-order valence-electron chi connectivity index (χ1n) is 15.2. The number of hydrogen-bond donors (Lipinski definition) is 0. The molecule has 7 nitrogen and oxygen atoms in total. The van der Waals surface area contributed by atoms with Crippen LogP contribution in [0.15, 0.2) is 60.7 Å². The van der Waals surface area contributed by atoms with Crippen molar-refractivity contribution in [2.24, 2.45) is 0 Å². The van der Waals surface area contributed by atoms with E-state index in [0.29, 0.717) is 46.0 Å². The van der Waals surface area contributed by atoms with Crippen molar-refractivity contribution in [3.63, 3.8) is 0 Å². The maximum absolute atomic E-state index is 13.0. The second kappa shape index (κ2) is 14.0. The topological polar surface area (TPSA) is 54.5 Å². The summed E-state index contributed by atoms with van der Waals surface area (Å²) < 4.78 is 16.5. The number of methoxy groups -OCH3 is 3. The Labute approximate surface area is 261 Å². The van der Waals surface area contributed by atoms with Gasteiger partial charge in [0.2, 0.25) is 5.75 Å². The highest BCUT2D eigenvalue weighted by molar-refractivity contribution is 6.33. The first-order chi connectivity index (χ1) is 20.8. The molecule has 5 rings (SSSR count). The van der Waals surface area contributed by atoms with Crippen LogP contribution >= 0.6 is 11.6 Å². The Morgan fingerprint density at radius 2 is 1.53 bits per heavy atom. The number of carbonyl (C=O) groups is 1. The van der Waals surface area contributed by atoms with E-state index in [-0.39, 0.29) is 5.91 Å². The van der Waals surface area contributed by atoms with Crippen LogP contribution in [0, 0.1) is 0 Å². The third kappa shape index (κ3) is 6.95. The van der Waals surface area contributed by atoms with Gasteiger partial charge in [0, 0.05) is 50.8 Å². The number of hydrogen-bond acceptors (Lipinski definition) is 6. The van der Waals surface area contributed by atoms with E-state index in [2.05, 4.69) is 47.9 Å². The lowest BCUT2D eigenvalue weighted by Gasteiger charge is -2.47. The number of halogens is 1. The van der Waals surface area contributed by atoms with Crippen LogP contribution in [0.3, 0.4) is 0 Å². The SMILES string of the molecule is COc1cc(Cc2ccc([C@H](C)N3CCN(C4CCN(C(=O)c5ccccc5Cl)CC4)C[C@H]3C)cc2)cc(OC)c1OC. The molecule has 2 heterocycles. The van der Waals surface area contributed by atoms with Crippen LogP contribution in [0.1, 0.15) is 59.8 Å². The monoisotopic (exact) mass is 605 g/mol. The Morgan fingerprint density at radius 1 is 0.884 bits per heavy atom. The van der Waals surface area contributed by atoms with Crippen LogP contribution in [0.4, 0.5) is 0 Å². The lowest BCUT2D eigenvalue weighted by Crippen LogP contribution is -2.57. The van der Waals surface area contributed by atoms with Crippen LogP contribution in [-0.2, 0) is 6.42 Å². The predicted molar refractivity (Wildman–Crippen MR) is 172 cm³/mol. The maximum atomic E-state index is 13.0. The molecule has 8 heteroatoms. The minimum atomic E-state index is 0.0468. The number of carbonyl (C=O) groups excluding carboxylic acids is 1. The molecule has 0 radical (unpaired) electrons. The van der Waals surface area contributed by atoms with Crippen molar-refractivity contribution in [3.8, 4) is 17.2 Å². The third-order valence-electron chi connectivity index (χ3n) is 9.18. The normalized spacial score (nSPS) is 19.2. The van der Waals surface area contributed by atoms with E-state index in [9.17, 15) is 4.79 Å². The van der Waals surface area contributed by atoms with Crippen LogP contribution in [0.5, 0.6) is 17.2 Å². The summed E-state index contributed by atoms with van der Waals surface area (Å²) in [6.45, 7) is 9.36. The van der Waals surface area contributed by atoms with Gasteiger partial charge in [-0.25, -0.2) is 0 Å². The molecule has 0 unspecified atom stereocenters. The van der Waals surface area contributed by atoms with Crippen molar-refractivity contribution in [2.45, 2.75) is 51.2 Å². The van der Waals surface area contributed by atoms with Gasteiger partial charge in [-0.05, 0) is 74.1 Å². The molecule has 1 amide bonds. The summed E-state index contributed by atoms with van der Waals surface area (Å²) >= 11 is 6.29. The lowest BCUT2D eigenvalue weighted by atomic mass is 9.97. The Morgan fingerprint density at radius 3 is 2.12 bits per heavy atom. The van der Waals surface area contributed by atoms with E-state index in [1.165, 1.54) is 11.1 Å². The number of piperazine rings is 1. The van der Waals surface area contributed by atoms with Gasteiger partial charge in [-0.1, -0.05) is 48.0 Å². The number of likely N-dealkylation sites (tertiary alicyclic amines) is 1. The molecule has 3 aromatic rings. The van der Waals surface area contributed by atoms with Crippen molar-refractivity contribution in [1.29, 1.82) is 0 Å². The Balaban J connectivity index is 1.15. The zero-order valence-corrected chi connectivity index (χ0v) is 26.8. The number of nitrogens with zero attached hydrogens (tertiary/aromatic N) is 3. The van der Waals surface area contributed by atoms with Gasteiger partial charge < -0.3 is 19.1 Å². The van der Waals surface area contributed by atoms with Crippen molar-refractivity contribution in [3.05, 3.63) is 87.9 Å². The van der Waals surface area contributed by atoms with E-state index < -0.39 is 0 Å². The second-order valence-corrected chi connectivity index (χ2v) is 12.1. The quantitative estimate of drug-likeness (QED) is 0.284. The van der Waals surface area contributed by atoms with Gasteiger partial charge in [0.1, 0.15) is 0 Å². The minimum Gasteiger partial charge on any atom is -0.493 e. The molecular formula is C35H44ClN3O4. The summed E-state index contributed by atoms with van der Waals surface area (Å²) in [7, 11) is 4.91. The number of benzene rings is 3.